The Balaban J connectivity index is 1.53. The van der Waals surface area contributed by atoms with E-state index >= 15 is 0 Å². The van der Waals surface area contributed by atoms with Gasteiger partial charge in [0.25, 0.3) is 0 Å². The van der Waals surface area contributed by atoms with Crippen LogP contribution in [0.1, 0.15) is 13.8 Å². The van der Waals surface area contributed by atoms with E-state index in [1.165, 1.54) is 0 Å². The summed E-state index contributed by atoms with van der Waals surface area (Å²) in [5.41, 5.74) is 1.76. The van der Waals surface area contributed by atoms with Gasteiger partial charge in [0.05, 0.1) is 11.3 Å². The van der Waals surface area contributed by atoms with Crippen molar-refractivity contribution in [3.63, 3.8) is 0 Å². The van der Waals surface area contributed by atoms with Crippen molar-refractivity contribution in [2.45, 2.75) is 25.9 Å². The predicted molar refractivity (Wildman–Crippen MR) is 113 cm³/mol. The highest BCUT2D eigenvalue weighted by atomic mass is 16.4. The van der Waals surface area contributed by atoms with E-state index in [9.17, 15) is 4.79 Å². The first-order valence-electron chi connectivity index (χ1n) is 9.85. The zero-order chi connectivity index (χ0) is 20.1. The van der Waals surface area contributed by atoms with Crippen molar-refractivity contribution in [2.24, 2.45) is 0 Å². The van der Waals surface area contributed by atoms with Crippen molar-refractivity contribution >= 4 is 22.6 Å². The molecule has 0 spiro atoms. The Morgan fingerprint density at radius 2 is 1.86 bits per heavy atom. The maximum Gasteiger partial charge on any atom is 0.347 e. The summed E-state index contributed by atoms with van der Waals surface area (Å²) < 4.78 is 7.48. The highest BCUT2D eigenvalue weighted by molar-refractivity contribution is 5.80. The fraction of sp³-hybridized carbons (Fsp3) is 0.318. The summed E-state index contributed by atoms with van der Waals surface area (Å²) in [5.74, 6) is 0.841. The molecule has 0 aliphatic carbocycles. The molecule has 2 atom stereocenters. The molecule has 29 heavy (non-hydrogen) atoms. The molecule has 1 aliphatic rings. The van der Waals surface area contributed by atoms with E-state index in [2.05, 4.69) is 40.7 Å². The SMILES string of the molecule is C[C@@H]1CN(c2ccc3cc(-c4cn5ccccc5n4)c(=O)oc3n2)C[C@H](C)N1C. The highest BCUT2D eigenvalue weighted by Crippen LogP contribution is 2.25. The molecule has 0 N–H and O–H groups in total. The number of piperazine rings is 1. The fourth-order valence-electron chi connectivity index (χ4n) is 4.00. The van der Waals surface area contributed by atoms with E-state index in [-0.39, 0.29) is 0 Å². The molecule has 0 amide bonds. The van der Waals surface area contributed by atoms with Gasteiger partial charge in [-0.15, -0.1) is 0 Å². The lowest BCUT2D eigenvalue weighted by molar-refractivity contribution is 0.169. The molecular formula is C22H23N5O2. The molecule has 5 heterocycles. The van der Waals surface area contributed by atoms with E-state index < -0.39 is 5.63 Å². The number of anilines is 1. The predicted octanol–water partition coefficient (Wildman–Crippen LogP) is 3.03. The van der Waals surface area contributed by atoms with Crippen molar-refractivity contribution in [3.05, 3.63) is 59.2 Å². The normalized spacial score (nSPS) is 20.6. The van der Waals surface area contributed by atoms with Crippen LogP contribution in [0.5, 0.6) is 0 Å². The first-order valence-corrected chi connectivity index (χ1v) is 9.85. The van der Waals surface area contributed by atoms with Crippen LogP contribution in [0.25, 0.3) is 28.0 Å². The molecule has 0 bridgehead atoms. The van der Waals surface area contributed by atoms with Gasteiger partial charge in [-0.2, -0.15) is 4.98 Å². The van der Waals surface area contributed by atoms with Gasteiger partial charge < -0.3 is 13.7 Å². The Bertz CT molecular complexity index is 1220. The number of nitrogens with zero attached hydrogens (tertiary/aromatic N) is 5. The van der Waals surface area contributed by atoms with Crippen LogP contribution in [0.3, 0.4) is 0 Å². The van der Waals surface area contributed by atoms with Crippen LogP contribution >= 0.6 is 0 Å². The number of pyridine rings is 2. The largest absolute Gasteiger partial charge is 0.403 e. The van der Waals surface area contributed by atoms with Gasteiger partial charge in [-0.3, -0.25) is 4.90 Å². The topological polar surface area (TPSA) is 66.9 Å². The number of fused-ring (bicyclic) bond motifs is 2. The van der Waals surface area contributed by atoms with E-state index in [1.54, 1.807) is 0 Å². The van der Waals surface area contributed by atoms with Gasteiger partial charge in [0.1, 0.15) is 11.5 Å². The molecule has 4 aromatic rings. The Labute approximate surface area is 168 Å². The minimum absolute atomic E-state index is 0.360. The summed E-state index contributed by atoms with van der Waals surface area (Å²) in [4.78, 5) is 26.5. The monoisotopic (exact) mass is 389 g/mol. The first-order chi connectivity index (χ1) is 14.0. The summed E-state index contributed by atoms with van der Waals surface area (Å²) in [6, 6.07) is 12.4. The average Bonchev–Trinajstić information content (AvgIpc) is 3.14. The highest BCUT2D eigenvalue weighted by Gasteiger charge is 2.27. The van der Waals surface area contributed by atoms with E-state index in [0.717, 1.165) is 29.9 Å². The van der Waals surface area contributed by atoms with Crippen LogP contribution in [0.2, 0.25) is 0 Å². The second-order valence-electron chi connectivity index (χ2n) is 7.87. The van der Waals surface area contributed by atoms with Gasteiger partial charge in [-0.1, -0.05) is 6.07 Å². The van der Waals surface area contributed by atoms with E-state index in [4.69, 9.17) is 4.42 Å². The molecule has 0 saturated carbocycles. The van der Waals surface area contributed by atoms with E-state index in [0.29, 0.717) is 29.1 Å². The van der Waals surface area contributed by atoms with E-state index in [1.807, 2.05) is 53.2 Å². The molecule has 0 radical (unpaired) electrons. The van der Waals surface area contributed by atoms with Crippen molar-refractivity contribution in [1.82, 2.24) is 19.3 Å². The van der Waals surface area contributed by atoms with Gasteiger partial charge >= 0.3 is 5.63 Å². The van der Waals surface area contributed by atoms with Crippen molar-refractivity contribution < 1.29 is 4.42 Å². The standard InChI is InChI=1S/C22H23N5O2/c1-14-11-27(12-15(2)25(14)3)20-8-7-16-10-17(22(28)29-21(16)24-20)18-13-26-9-5-4-6-19(26)23-18/h4-10,13-15H,11-12H2,1-3H3/t14-,15+. The number of rotatable bonds is 2. The van der Waals surface area contributed by atoms with Gasteiger partial charge in [-0.05, 0) is 51.2 Å². The Morgan fingerprint density at radius 3 is 2.62 bits per heavy atom. The Hall–Kier alpha value is -3.19. The van der Waals surface area contributed by atoms with Crippen LogP contribution in [-0.2, 0) is 0 Å². The molecule has 4 aromatic heterocycles. The molecule has 1 aliphatic heterocycles. The van der Waals surface area contributed by atoms with Crippen LogP contribution < -0.4 is 10.5 Å². The second-order valence-corrected chi connectivity index (χ2v) is 7.87. The lowest BCUT2D eigenvalue weighted by Crippen LogP contribution is -2.55. The molecule has 5 rings (SSSR count). The summed E-state index contributed by atoms with van der Waals surface area (Å²) in [6.45, 7) is 6.21. The molecule has 1 saturated heterocycles. The van der Waals surface area contributed by atoms with Gasteiger partial charge in [0.2, 0.25) is 5.71 Å². The van der Waals surface area contributed by atoms with Crippen LogP contribution in [0.4, 0.5) is 5.82 Å². The molecule has 7 nitrogen and oxygen atoms in total. The number of hydrogen-bond donors (Lipinski definition) is 0. The van der Waals surface area contributed by atoms with Gasteiger partial charge in [0.15, 0.2) is 0 Å². The number of aromatic nitrogens is 3. The third-order valence-corrected chi connectivity index (χ3v) is 5.91. The smallest absolute Gasteiger partial charge is 0.347 e. The maximum atomic E-state index is 12.7. The van der Waals surface area contributed by atoms with Gasteiger partial charge in [-0.25, -0.2) is 9.78 Å². The fourth-order valence-corrected chi connectivity index (χ4v) is 4.00. The average molecular weight is 389 g/mol. The Kier molecular flexibility index (Phi) is 4.13. The zero-order valence-electron chi connectivity index (χ0n) is 16.7. The Morgan fingerprint density at radius 1 is 1.07 bits per heavy atom. The summed E-state index contributed by atoms with van der Waals surface area (Å²) in [6.07, 6.45) is 3.74. The third-order valence-electron chi connectivity index (χ3n) is 5.91. The van der Waals surface area contributed by atoms with Gasteiger partial charge in [0, 0.05) is 43.0 Å². The van der Waals surface area contributed by atoms with Crippen LogP contribution in [0.15, 0.2) is 58.0 Å². The van der Waals surface area contributed by atoms with Crippen LogP contribution in [-0.4, -0.2) is 51.5 Å². The lowest BCUT2D eigenvalue weighted by atomic mass is 10.1. The quantitative estimate of drug-likeness (QED) is 0.525. The first kappa shape index (κ1) is 17.9. The van der Waals surface area contributed by atoms with Crippen molar-refractivity contribution in [1.29, 1.82) is 0 Å². The minimum atomic E-state index is -0.425. The van der Waals surface area contributed by atoms with Crippen molar-refractivity contribution in [2.75, 3.05) is 25.0 Å². The molecule has 7 heteroatoms. The molecule has 0 unspecified atom stereocenters. The minimum Gasteiger partial charge on any atom is -0.403 e. The third kappa shape index (κ3) is 3.07. The van der Waals surface area contributed by atoms with Crippen LogP contribution in [0, 0.1) is 0 Å². The lowest BCUT2D eigenvalue weighted by Gasteiger charge is -2.42. The number of hydrogen-bond acceptors (Lipinski definition) is 6. The zero-order valence-corrected chi connectivity index (χ0v) is 16.7. The van der Waals surface area contributed by atoms with Crippen molar-refractivity contribution in [3.8, 4) is 11.3 Å². The number of likely N-dealkylation sites (N-methyl/N-ethyl adjacent to an activating group) is 1. The molecule has 148 valence electrons. The maximum absolute atomic E-state index is 12.7. The molecular weight excluding hydrogens is 366 g/mol. The summed E-state index contributed by atoms with van der Waals surface area (Å²) in [7, 11) is 2.15. The summed E-state index contributed by atoms with van der Waals surface area (Å²) >= 11 is 0. The summed E-state index contributed by atoms with van der Waals surface area (Å²) in [5, 5.41) is 0.788. The number of imidazole rings is 1. The molecule has 1 fully saturated rings. The second kappa shape index (κ2) is 6.70. The molecule has 0 aromatic carbocycles.